The number of carbonyl (C=O) groups excluding carboxylic acids is 2. The molecule has 1 N–H and O–H groups in total. The van der Waals surface area contributed by atoms with Gasteiger partial charge in [0.2, 0.25) is 0 Å². The Balaban J connectivity index is 1.78. The lowest BCUT2D eigenvalue weighted by Gasteiger charge is -2.13. The molecule has 3 rings (SSSR count). The molecule has 1 aliphatic heterocycles. The molecule has 2 aromatic rings. The Morgan fingerprint density at radius 2 is 1.93 bits per heavy atom. The normalized spacial score (nSPS) is 15.4. The molecule has 9 heteroatoms. The number of thioether (sulfide) groups is 1. The number of carboxylic acid groups (broad SMARTS) is 1. The first-order chi connectivity index (χ1) is 13.8. The predicted octanol–water partition coefficient (Wildman–Crippen LogP) is 3.46. The number of nitrogens with zero attached hydrogens (tertiary/aromatic N) is 2. The Morgan fingerprint density at radius 1 is 1.24 bits per heavy atom. The van der Waals surface area contributed by atoms with Gasteiger partial charge in [-0.3, -0.25) is 19.3 Å². The van der Waals surface area contributed by atoms with Gasteiger partial charge in [0.05, 0.1) is 4.91 Å². The molecule has 0 spiro atoms. The molecule has 1 fully saturated rings. The van der Waals surface area contributed by atoms with Crippen LogP contribution in [-0.2, 0) is 16.6 Å². The summed E-state index contributed by atoms with van der Waals surface area (Å²) >= 11 is 6.37. The van der Waals surface area contributed by atoms with Gasteiger partial charge in [0, 0.05) is 43.0 Å². The molecule has 1 aromatic carbocycles. The number of halogens is 1. The summed E-state index contributed by atoms with van der Waals surface area (Å²) in [7, 11) is 1.75. The minimum absolute atomic E-state index is 0.0389. The molecule has 6 nitrogen and oxygen atoms in total. The van der Waals surface area contributed by atoms with Crippen molar-refractivity contribution >= 4 is 52.0 Å². The van der Waals surface area contributed by atoms with Gasteiger partial charge in [0.25, 0.3) is 5.91 Å². The van der Waals surface area contributed by atoms with Gasteiger partial charge >= 0.3 is 5.97 Å². The SMILES string of the molecule is Cn1cc(C(=O)c2ccc(F)cc2)cc1C=C1SC(=S)N(CCCC(=O)O)C1=O. The fourth-order valence-electron chi connectivity index (χ4n) is 2.83. The minimum Gasteiger partial charge on any atom is -0.481 e. The number of aromatic nitrogens is 1. The topological polar surface area (TPSA) is 79.6 Å². The van der Waals surface area contributed by atoms with Gasteiger partial charge in [0.15, 0.2) is 5.78 Å². The molecule has 0 saturated carbocycles. The fraction of sp³-hybridized carbons (Fsp3) is 0.200. The number of rotatable bonds is 7. The Labute approximate surface area is 176 Å². The van der Waals surface area contributed by atoms with E-state index in [4.69, 9.17) is 17.3 Å². The van der Waals surface area contributed by atoms with Crippen LogP contribution in [0.5, 0.6) is 0 Å². The fourth-order valence-corrected chi connectivity index (χ4v) is 4.13. The largest absolute Gasteiger partial charge is 0.481 e. The van der Waals surface area contributed by atoms with Crippen molar-refractivity contribution < 1.29 is 23.9 Å². The Hall–Kier alpha value is -2.78. The zero-order chi connectivity index (χ0) is 21.1. The first-order valence-electron chi connectivity index (χ1n) is 8.70. The number of carboxylic acids is 1. The highest BCUT2D eigenvalue weighted by Crippen LogP contribution is 2.33. The van der Waals surface area contributed by atoms with Crippen LogP contribution in [0.2, 0.25) is 0 Å². The molecular weight excluding hydrogens is 415 g/mol. The smallest absolute Gasteiger partial charge is 0.303 e. The molecule has 0 unspecified atom stereocenters. The number of hydrogen-bond acceptors (Lipinski definition) is 5. The molecule has 29 heavy (non-hydrogen) atoms. The van der Waals surface area contributed by atoms with E-state index in [1.807, 2.05) is 0 Å². The third-order valence-corrected chi connectivity index (χ3v) is 5.71. The van der Waals surface area contributed by atoms with E-state index < -0.39 is 11.8 Å². The number of aryl methyl sites for hydroxylation is 1. The number of amides is 1. The lowest BCUT2D eigenvalue weighted by atomic mass is 10.1. The molecular formula is C20H17FN2O4S2. The van der Waals surface area contributed by atoms with E-state index in [0.29, 0.717) is 32.5 Å². The Morgan fingerprint density at radius 3 is 2.59 bits per heavy atom. The van der Waals surface area contributed by atoms with Crippen molar-refractivity contribution in [3.63, 3.8) is 0 Å². The number of aliphatic carboxylic acids is 1. The van der Waals surface area contributed by atoms with Crippen LogP contribution in [0, 0.1) is 5.82 Å². The zero-order valence-electron chi connectivity index (χ0n) is 15.4. The lowest BCUT2D eigenvalue weighted by Crippen LogP contribution is -2.29. The minimum atomic E-state index is -0.923. The summed E-state index contributed by atoms with van der Waals surface area (Å²) < 4.78 is 15.2. The molecule has 1 aromatic heterocycles. The standard InChI is InChI=1S/C20H17FN2O4S2/c1-22-11-13(18(26)12-4-6-14(21)7-5-12)9-15(22)10-16-19(27)23(20(28)29-16)8-2-3-17(24)25/h4-7,9-11H,2-3,8H2,1H3,(H,24,25). The van der Waals surface area contributed by atoms with Crippen molar-refractivity contribution in [2.75, 3.05) is 6.54 Å². The summed E-state index contributed by atoms with van der Waals surface area (Å²) in [6.07, 6.45) is 3.57. The van der Waals surface area contributed by atoms with Gasteiger partial charge in [-0.15, -0.1) is 0 Å². The second kappa shape index (κ2) is 8.71. The van der Waals surface area contributed by atoms with Crippen LogP contribution in [0.4, 0.5) is 4.39 Å². The third-order valence-electron chi connectivity index (χ3n) is 4.34. The number of carbonyl (C=O) groups is 3. The molecule has 2 heterocycles. The molecule has 0 radical (unpaired) electrons. The summed E-state index contributed by atoms with van der Waals surface area (Å²) in [5, 5.41) is 8.74. The number of benzene rings is 1. The highest BCUT2D eigenvalue weighted by molar-refractivity contribution is 8.26. The summed E-state index contributed by atoms with van der Waals surface area (Å²) in [6, 6.07) is 6.96. The average molecular weight is 432 g/mol. The van der Waals surface area contributed by atoms with Crippen molar-refractivity contribution in [1.29, 1.82) is 0 Å². The van der Waals surface area contributed by atoms with Gasteiger partial charge in [-0.05, 0) is 42.8 Å². The van der Waals surface area contributed by atoms with Crippen molar-refractivity contribution in [3.8, 4) is 0 Å². The van der Waals surface area contributed by atoms with Gasteiger partial charge in [-0.2, -0.15) is 0 Å². The number of thiocarbonyl (C=S) groups is 1. The first kappa shape index (κ1) is 20.9. The zero-order valence-corrected chi connectivity index (χ0v) is 17.1. The second-order valence-corrected chi connectivity index (χ2v) is 8.11. The van der Waals surface area contributed by atoms with Crippen LogP contribution in [0.15, 0.2) is 41.4 Å². The average Bonchev–Trinajstić information content (AvgIpc) is 3.16. The van der Waals surface area contributed by atoms with Gasteiger partial charge in [0.1, 0.15) is 10.1 Å². The maximum absolute atomic E-state index is 13.1. The molecule has 0 bridgehead atoms. The highest BCUT2D eigenvalue weighted by atomic mass is 32.2. The van der Waals surface area contributed by atoms with Crippen LogP contribution in [0.1, 0.15) is 34.5 Å². The van der Waals surface area contributed by atoms with E-state index in [1.54, 1.807) is 30.0 Å². The second-order valence-electron chi connectivity index (χ2n) is 6.43. The molecule has 1 amide bonds. The highest BCUT2D eigenvalue weighted by Gasteiger charge is 2.32. The van der Waals surface area contributed by atoms with Crippen molar-refractivity contribution in [1.82, 2.24) is 9.47 Å². The summed E-state index contributed by atoms with van der Waals surface area (Å²) in [4.78, 5) is 37.6. The van der Waals surface area contributed by atoms with E-state index in [1.165, 1.54) is 29.2 Å². The van der Waals surface area contributed by atoms with E-state index in [-0.39, 0.29) is 24.7 Å². The first-order valence-corrected chi connectivity index (χ1v) is 9.92. The van der Waals surface area contributed by atoms with Crippen LogP contribution < -0.4 is 0 Å². The van der Waals surface area contributed by atoms with Crippen LogP contribution >= 0.6 is 24.0 Å². The Kier molecular flexibility index (Phi) is 6.29. The summed E-state index contributed by atoms with van der Waals surface area (Å²) in [5.74, 6) is -1.87. The van der Waals surface area contributed by atoms with E-state index in [2.05, 4.69) is 0 Å². The molecule has 150 valence electrons. The van der Waals surface area contributed by atoms with Gasteiger partial charge in [-0.1, -0.05) is 24.0 Å². The number of ketones is 1. The van der Waals surface area contributed by atoms with Gasteiger partial charge in [-0.25, -0.2) is 4.39 Å². The monoisotopic (exact) mass is 432 g/mol. The maximum Gasteiger partial charge on any atom is 0.303 e. The van der Waals surface area contributed by atoms with E-state index in [0.717, 1.165) is 11.8 Å². The molecule has 0 atom stereocenters. The van der Waals surface area contributed by atoms with Crippen LogP contribution in [0.25, 0.3) is 6.08 Å². The maximum atomic E-state index is 13.1. The van der Waals surface area contributed by atoms with E-state index in [9.17, 15) is 18.8 Å². The van der Waals surface area contributed by atoms with Crippen molar-refractivity contribution in [2.45, 2.75) is 12.8 Å². The molecule has 1 aliphatic rings. The number of hydrogen-bond donors (Lipinski definition) is 1. The van der Waals surface area contributed by atoms with Crippen molar-refractivity contribution in [3.05, 3.63) is 64.1 Å². The predicted molar refractivity (Wildman–Crippen MR) is 112 cm³/mol. The third kappa shape index (κ3) is 4.80. The van der Waals surface area contributed by atoms with Crippen molar-refractivity contribution in [2.24, 2.45) is 7.05 Å². The van der Waals surface area contributed by atoms with Gasteiger partial charge < -0.3 is 9.67 Å². The molecule has 1 saturated heterocycles. The quantitative estimate of drug-likeness (QED) is 0.410. The Bertz CT molecular complexity index is 1030. The molecule has 0 aliphatic carbocycles. The van der Waals surface area contributed by atoms with Crippen LogP contribution in [-0.4, -0.2) is 43.1 Å². The summed E-state index contributed by atoms with van der Waals surface area (Å²) in [6.45, 7) is 0.246. The lowest BCUT2D eigenvalue weighted by molar-refractivity contribution is -0.137. The summed E-state index contributed by atoms with van der Waals surface area (Å²) in [5.41, 5.74) is 1.43. The van der Waals surface area contributed by atoms with Crippen LogP contribution in [0.3, 0.4) is 0 Å². The van der Waals surface area contributed by atoms with E-state index >= 15 is 0 Å².